The Labute approximate surface area is 186 Å². The molecule has 0 spiro atoms. The van der Waals surface area contributed by atoms with Crippen LogP contribution in [-0.4, -0.2) is 39.2 Å². The Hall–Kier alpha value is -3.94. The fourth-order valence-electron chi connectivity index (χ4n) is 3.33. The molecule has 0 unspecified atom stereocenters. The molecule has 0 aliphatic rings. The number of hydrogen-bond donors (Lipinski definition) is 1. The summed E-state index contributed by atoms with van der Waals surface area (Å²) in [7, 11) is 1.63. The first-order chi connectivity index (χ1) is 15.6. The van der Waals surface area contributed by atoms with Gasteiger partial charge in [0.1, 0.15) is 17.8 Å². The van der Waals surface area contributed by atoms with Gasteiger partial charge in [0.15, 0.2) is 11.5 Å². The molecule has 2 aromatic heterocycles. The minimum atomic E-state index is -0.338. The quantitative estimate of drug-likeness (QED) is 0.458. The van der Waals surface area contributed by atoms with Gasteiger partial charge in [-0.2, -0.15) is 0 Å². The lowest BCUT2D eigenvalue weighted by molar-refractivity contribution is -0.121. The molecular weight excluding hydrogens is 406 g/mol. The van der Waals surface area contributed by atoms with E-state index in [-0.39, 0.29) is 18.4 Å². The van der Waals surface area contributed by atoms with E-state index < -0.39 is 0 Å². The molecule has 8 nitrogen and oxygen atoms in total. The fraction of sp³-hybridized carbons (Fsp3) is 0.250. The number of methoxy groups -OCH3 is 1. The van der Waals surface area contributed by atoms with Gasteiger partial charge >= 0.3 is 0 Å². The van der Waals surface area contributed by atoms with Crippen LogP contribution < -0.4 is 14.8 Å². The number of rotatable bonds is 8. The Morgan fingerprint density at radius 3 is 2.50 bits per heavy atom. The second-order valence-corrected chi connectivity index (χ2v) is 7.32. The van der Waals surface area contributed by atoms with Crippen molar-refractivity contribution in [1.29, 1.82) is 0 Å². The average molecular weight is 431 g/mol. The highest BCUT2D eigenvalue weighted by atomic mass is 16.5. The number of ether oxygens (including phenoxy) is 2. The largest absolute Gasteiger partial charge is 0.497 e. The van der Waals surface area contributed by atoms with E-state index in [0.29, 0.717) is 18.1 Å². The van der Waals surface area contributed by atoms with Crippen molar-refractivity contribution in [1.82, 2.24) is 24.9 Å². The van der Waals surface area contributed by atoms with Crippen LogP contribution in [0.3, 0.4) is 0 Å². The minimum absolute atomic E-state index is 0.0995. The van der Waals surface area contributed by atoms with Crippen molar-refractivity contribution in [2.45, 2.75) is 26.3 Å². The number of carbonyl (C=O) groups is 1. The number of amides is 1. The first-order valence-corrected chi connectivity index (χ1v) is 10.4. The van der Waals surface area contributed by atoms with Gasteiger partial charge < -0.3 is 14.8 Å². The van der Waals surface area contributed by atoms with E-state index in [1.807, 2.05) is 68.4 Å². The zero-order chi connectivity index (χ0) is 22.5. The lowest BCUT2D eigenvalue weighted by atomic mass is 10.1. The zero-order valence-corrected chi connectivity index (χ0v) is 18.3. The van der Waals surface area contributed by atoms with E-state index in [4.69, 9.17) is 9.47 Å². The molecule has 2 aromatic carbocycles. The predicted octanol–water partition coefficient (Wildman–Crippen LogP) is 3.62. The molecular formula is C24H25N5O3. The Kier molecular flexibility index (Phi) is 6.30. The highest BCUT2D eigenvalue weighted by Crippen LogP contribution is 2.22. The van der Waals surface area contributed by atoms with Gasteiger partial charge in [0.2, 0.25) is 5.91 Å². The smallest absolute Gasteiger partial charge is 0.224 e. The first kappa shape index (κ1) is 21.3. The van der Waals surface area contributed by atoms with Crippen LogP contribution in [0.1, 0.15) is 31.3 Å². The third-order valence-electron chi connectivity index (χ3n) is 5.00. The van der Waals surface area contributed by atoms with E-state index in [1.54, 1.807) is 18.0 Å². The maximum Gasteiger partial charge on any atom is 0.224 e. The van der Waals surface area contributed by atoms with Crippen LogP contribution >= 0.6 is 0 Å². The minimum Gasteiger partial charge on any atom is -0.497 e. The van der Waals surface area contributed by atoms with Gasteiger partial charge in [0.05, 0.1) is 31.9 Å². The van der Waals surface area contributed by atoms with Gasteiger partial charge in [-0.15, -0.1) is 5.10 Å². The summed E-state index contributed by atoms with van der Waals surface area (Å²) in [5.74, 6) is 2.01. The van der Waals surface area contributed by atoms with E-state index in [0.717, 1.165) is 28.3 Å². The van der Waals surface area contributed by atoms with E-state index in [2.05, 4.69) is 20.4 Å². The molecule has 0 aliphatic heterocycles. The van der Waals surface area contributed by atoms with E-state index in [1.165, 1.54) is 0 Å². The molecule has 2 heterocycles. The molecule has 1 amide bonds. The van der Waals surface area contributed by atoms with Crippen molar-refractivity contribution in [3.63, 3.8) is 0 Å². The molecule has 4 rings (SSSR count). The molecule has 1 atom stereocenters. The van der Waals surface area contributed by atoms with E-state index in [9.17, 15) is 4.79 Å². The van der Waals surface area contributed by atoms with Crippen LogP contribution in [-0.2, 0) is 11.2 Å². The Bertz CT molecular complexity index is 1200. The number of hydrogen-bond acceptors (Lipinski definition) is 6. The number of fused-ring (bicyclic) bond motifs is 1. The fourth-order valence-corrected chi connectivity index (χ4v) is 3.33. The normalized spacial score (nSPS) is 11.8. The van der Waals surface area contributed by atoms with Crippen LogP contribution in [0.4, 0.5) is 0 Å². The van der Waals surface area contributed by atoms with Crippen molar-refractivity contribution < 1.29 is 14.3 Å². The lowest BCUT2D eigenvalue weighted by Gasteiger charge is -2.10. The first-order valence-electron chi connectivity index (χ1n) is 10.4. The van der Waals surface area contributed by atoms with Crippen molar-refractivity contribution in [3.05, 3.63) is 72.3 Å². The molecule has 32 heavy (non-hydrogen) atoms. The van der Waals surface area contributed by atoms with Crippen molar-refractivity contribution in [3.8, 4) is 22.8 Å². The number of nitrogens with one attached hydrogen (secondary N) is 1. The molecule has 0 saturated heterocycles. The number of benzene rings is 2. The van der Waals surface area contributed by atoms with Crippen LogP contribution in [0.25, 0.3) is 16.9 Å². The van der Waals surface area contributed by atoms with Gasteiger partial charge in [-0.1, -0.05) is 12.1 Å². The third kappa shape index (κ3) is 4.85. The molecule has 0 fully saturated rings. The van der Waals surface area contributed by atoms with Crippen LogP contribution in [0.2, 0.25) is 0 Å². The van der Waals surface area contributed by atoms with Gasteiger partial charge in [-0.25, -0.2) is 14.5 Å². The van der Waals surface area contributed by atoms with Crippen LogP contribution in [0.5, 0.6) is 11.5 Å². The van der Waals surface area contributed by atoms with E-state index >= 15 is 0 Å². The SMILES string of the molecule is CCOc1ccc(CC(=O)N[C@@H](C)c2nc3cc(-c4ccc(OC)cc4)ncn3n2)cc1. The predicted molar refractivity (Wildman–Crippen MR) is 121 cm³/mol. The number of aromatic nitrogens is 4. The Morgan fingerprint density at radius 1 is 1.09 bits per heavy atom. The molecule has 4 aromatic rings. The maximum atomic E-state index is 12.5. The van der Waals surface area contributed by atoms with Gasteiger partial charge in [0, 0.05) is 11.6 Å². The molecule has 0 aliphatic carbocycles. The summed E-state index contributed by atoms with van der Waals surface area (Å²) >= 11 is 0. The van der Waals surface area contributed by atoms with Gasteiger partial charge in [-0.05, 0) is 55.8 Å². The van der Waals surface area contributed by atoms with Crippen molar-refractivity contribution >= 4 is 11.6 Å². The van der Waals surface area contributed by atoms with Crippen LogP contribution in [0.15, 0.2) is 60.9 Å². The highest BCUT2D eigenvalue weighted by Gasteiger charge is 2.16. The molecule has 1 N–H and O–H groups in total. The lowest BCUT2D eigenvalue weighted by Crippen LogP contribution is -2.28. The van der Waals surface area contributed by atoms with Crippen molar-refractivity contribution in [2.24, 2.45) is 0 Å². The Balaban J connectivity index is 1.43. The second kappa shape index (κ2) is 9.47. The summed E-state index contributed by atoms with van der Waals surface area (Å²) in [5.41, 5.74) is 3.31. The molecule has 0 bridgehead atoms. The van der Waals surface area contributed by atoms with Gasteiger partial charge in [-0.3, -0.25) is 4.79 Å². The molecule has 0 radical (unpaired) electrons. The standard InChI is InChI=1S/C24H25N5O3/c1-4-32-20-9-5-17(6-10-20)13-23(30)26-16(2)24-27-22-14-21(25-15-29(22)28-24)18-7-11-19(31-3)12-8-18/h5-12,14-16H,4,13H2,1-3H3,(H,26,30)/t16-/m0/s1. The zero-order valence-electron chi connectivity index (χ0n) is 18.3. The monoisotopic (exact) mass is 431 g/mol. The number of nitrogens with zero attached hydrogens (tertiary/aromatic N) is 4. The van der Waals surface area contributed by atoms with Crippen LogP contribution in [0, 0.1) is 0 Å². The molecule has 0 saturated carbocycles. The third-order valence-corrected chi connectivity index (χ3v) is 5.00. The Morgan fingerprint density at radius 2 is 1.81 bits per heavy atom. The summed E-state index contributed by atoms with van der Waals surface area (Å²) in [6.45, 7) is 4.41. The second-order valence-electron chi connectivity index (χ2n) is 7.32. The molecule has 164 valence electrons. The summed E-state index contributed by atoms with van der Waals surface area (Å²) < 4.78 is 12.2. The number of carbonyl (C=O) groups excluding carboxylic acids is 1. The maximum absolute atomic E-state index is 12.5. The topological polar surface area (TPSA) is 90.6 Å². The van der Waals surface area contributed by atoms with Crippen molar-refractivity contribution in [2.75, 3.05) is 13.7 Å². The average Bonchev–Trinajstić information content (AvgIpc) is 3.24. The highest BCUT2D eigenvalue weighted by molar-refractivity contribution is 5.79. The summed E-state index contributed by atoms with van der Waals surface area (Å²) in [4.78, 5) is 21.5. The summed E-state index contributed by atoms with van der Waals surface area (Å²) in [6, 6.07) is 16.7. The summed E-state index contributed by atoms with van der Waals surface area (Å²) in [6.07, 6.45) is 1.90. The summed E-state index contributed by atoms with van der Waals surface area (Å²) in [5, 5.41) is 7.42. The molecule has 8 heteroatoms. The van der Waals surface area contributed by atoms with Gasteiger partial charge in [0.25, 0.3) is 0 Å².